The van der Waals surface area contributed by atoms with E-state index >= 15 is 0 Å². The molecule has 6 heteroatoms. The predicted molar refractivity (Wildman–Crippen MR) is 139 cm³/mol. The molecule has 0 saturated carbocycles. The fourth-order valence-electron chi connectivity index (χ4n) is 5.15. The molecule has 1 aromatic carbocycles. The van der Waals surface area contributed by atoms with Gasteiger partial charge in [0.2, 0.25) is 0 Å². The summed E-state index contributed by atoms with van der Waals surface area (Å²) in [7, 11) is 2.02. The van der Waals surface area contributed by atoms with Crippen molar-refractivity contribution in [2.24, 2.45) is 0 Å². The summed E-state index contributed by atoms with van der Waals surface area (Å²) in [6.45, 7) is 5.11. The van der Waals surface area contributed by atoms with E-state index in [1.807, 2.05) is 54.1 Å². The molecule has 0 amide bonds. The molecule has 1 unspecified atom stereocenters. The number of ether oxygens (including phenoxy) is 1. The van der Waals surface area contributed by atoms with Crippen LogP contribution >= 0.6 is 0 Å². The van der Waals surface area contributed by atoms with Gasteiger partial charge in [0, 0.05) is 37.0 Å². The van der Waals surface area contributed by atoms with Crippen molar-refractivity contribution in [3.05, 3.63) is 87.0 Å². The van der Waals surface area contributed by atoms with Crippen LogP contribution in [0.2, 0.25) is 0 Å². The van der Waals surface area contributed by atoms with Crippen molar-refractivity contribution in [3.8, 4) is 5.75 Å². The molecule has 35 heavy (non-hydrogen) atoms. The smallest absolute Gasteiger partial charge is 0.255 e. The summed E-state index contributed by atoms with van der Waals surface area (Å²) in [5, 5.41) is 2.11. The summed E-state index contributed by atoms with van der Waals surface area (Å²) in [6.07, 6.45) is 10.6. The summed E-state index contributed by atoms with van der Waals surface area (Å²) < 4.78 is 13.7. The molecule has 0 spiro atoms. The Bertz CT molecular complexity index is 1280. The number of fused-ring (bicyclic) bond motifs is 1. The van der Waals surface area contributed by atoms with Gasteiger partial charge in [0.25, 0.3) is 5.56 Å². The Kier molecular flexibility index (Phi) is 7.50. The van der Waals surface area contributed by atoms with Crippen LogP contribution in [0.25, 0.3) is 12.2 Å². The molecule has 3 heterocycles. The maximum absolute atomic E-state index is 13.7. The third kappa shape index (κ3) is 5.95. The Morgan fingerprint density at radius 2 is 1.86 bits per heavy atom. The van der Waals surface area contributed by atoms with Crippen LogP contribution in [-0.2, 0) is 19.6 Å². The summed E-state index contributed by atoms with van der Waals surface area (Å²) in [6, 6.07) is 15.9. The molecule has 1 saturated heterocycles. The van der Waals surface area contributed by atoms with Gasteiger partial charge in [-0.1, -0.05) is 30.7 Å². The molecular weight excluding hydrogens is 438 g/mol. The van der Waals surface area contributed by atoms with E-state index in [2.05, 4.69) is 28.0 Å². The fraction of sp³-hybridized carbons (Fsp3) is 0.414. The van der Waals surface area contributed by atoms with Crippen molar-refractivity contribution in [2.45, 2.75) is 51.4 Å². The van der Waals surface area contributed by atoms with Crippen LogP contribution in [0.1, 0.15) is 37.0 Å². The molecule has 1 aliphatic carbocycles. The molecule has 6 nitrogen and oxygen atoms in total. The molecule has 1 aliphatic heterocycles. The minimum Gasteiger partial charge on any atom is -0.486 e. The number of para-hydroxylation sites is 1. The minimum atomic E-state index is -0.0494. The Morgan fingerprint density at radius 1 is 1.03 bits per heavy atom. The number of nitrogens with zero attached hydrogens (tertiary/aromatic N) is 3. The zero-order valence-corrected chi connectivity index (χ0v) is 20.6. The van der Waals surface area contributed by atoms with Gasteiger partial charge in [0.05, 0.1) is 12.8 Å². The van der Waals surface area contributed by atoms with E-state index in [-0.39, 0.29) is 11.7 Å². The molecule has 3 aromatic rings. The zero-order chi connectivity index (χ0) is 24.0. The summed E-state index contributed by atoms with van der Waals surface area (Å²) >= 11 is 0. The summed E-state index contributed by atoms with van der Waals surface area (Å²) in [4.78, 5) is 18.3. The number of rotatable bonds is 9. The van der Waals surface area contributed by atoms with Crippen molar-refractivity contribution in [2.75, 3.05) is 26.7 Å². The number of piperidine rings is 1. The van der Waals surface area contributed by atoms with Crippen LogP contribution in [0, 0.1) is 0 Å². The Morgan fingerprint density at radius 3 is 2.63 bits per heavy atom. The summed E-state index contributed by atoms with van der Waals surface area (Å²) in [5.74, 6) is 1.76. The maximum atomic E-state index is 13.7. The van der Waals surface area contributed by atoms with Crippen molar-refractivity contribution < 1.29 is 9.15 Å². The first-order valence-corrected chi connectivity index (χ1v) is 12.8. The molecular formula is C29H35N3O3. The molecule has 184 valence electrons. The van der Waals surface area contributed by atoms with E-state index in [1.165, 1.54) is 19.3 Å². The van der Waals surface area contributed by atoms with Crippen molar-refractivity contribution in [3.63, 3.8) is 0 Å². The normalized spacial score (nSPS) is 18.1. The number of furan rings is 1. The van der Waals surface area contributed by atoms with E-state index in [0.717, 1.165) is 53.7 Å². The van der Waals surface area contributed by atoms with E-state index in [4.69, 9.17) is 9.15 Å². The van der Waals surface area contributed by atoms with E-state index in [0.29, 0.717) is 19.6 Å². The Hall–Kier alpha value is -3.09. The number of pyridine rings is 1. The second-order valence-electron chi connectivity index (χ2n) is 9.70. The number of likely N-dealkylation sites (tertiary alicyclic amines) is 1. The van der Waals surface area contributed by atoms with Gasteiger partial charge in [0.1, 0.15) is 17.6 Å². The first-order chi connectivity index (χ1) is 17.2. The third-order valence-corrected chi connectivity index (χ3v) is 6.91. The van der Waals surface area contributed by atoms with Gasteiger partial charge in [0.15, 0.2) is 0 Å². The molecule has 0 N–H and O–H groups in total. The lowest BCUT2D eigenvalue weighted by atomic mass is 10.1. The highest BCUT2D eigenvalue weighted by Crippen LogP contribution is 2.15. The quantitative estimate of drug-likeness (QED) is 0.478. The Balaban J connectivity index is 1.44. The van der Waals surface area contributed by atoms with Crippen LogP contribution in [0.5, 0.6) is 5.75 Å². The number of aromatic nitrogens is 1. The molecule has 0 bridgehead atoms. The number of hydrogen-bond acceptors (Lipinski definition) is 5. The van der Waals surface area contributed by atoms with Gasteiger partial charge in [-0.05, 0) is 74.6 Å². The molecule has 2 aromatic heterocycles. The van der Waals surface area contributed by atoms with Gasteiger partial charge in [-0.3, -0.25) is 9.69 Å². The van der Waals surface area contributed by atoms with Crippen LogP contribution in [-0.4, -0.2) is 47.2 Å². The fourth-order valence-corrected chi connectivity index (χ4v) is 5.15. The van der Waals surface area contributed by atoms with Crippen LogP contribution in [0.15, 0.2) is 64.0 Å². The average Bonchev–Trinajstić information content (AvgIpc) is 3.38. The highest BCUT2D eigenvalue weighted by Gasteiger charge is 2.17. The topological polar surface area (TPSA) is 50.9 Å². The lowest BCUT2D eigenvalue weighted by molar-refractivity contribution is 0.218. The van der Waals surface area contributed by atoms with Crippen LogP contribution < -0.4 is 20.9 Å². The van der Waals surface area contributed by atoms with Crippen molar-refractivity contribution >= 4 is 12.2 Å². The van der Waals surface area contributed by atoms with Crippen LogP contribution in [0.3, 0.4) is 0 Å². The monoisotopic (exact) mass is 473 g/mol. The van der Waals surface area contributed by atoms with Crippen LogP contribution in [0.4, 0.5) is 0 Å². The van der Waals surface area contributed by atoms with Gasteiger partial charge >= 0.3 is 0 Å². The molecule has 1 atom stereocenters. The van der Waals surface area contributed by atoms with Gasteiger partial charge < -0.3 is 18.6 Å². The first kappa shape index (κ1) is 23.6. The third-order valence-electron chi connectivity index (χ3n) is 6.91. The maximum Gasteiger partial charge on any atom is 0.255 e. The largest absolute Gasteiger partial charge is 0.486 e. The van der Waals surface area contributed by atoms with Gasteiger partial charge in [-0.2, -0.15) is 0 Å². The lowest BCUT2D eigenvalue weighted by Gasteiger charge is -2.27. The Labute approximate surface area is 206 Å². The number of benzene rings is 1. The second kappa shape index (κ2) is 11.1. The van der Waals surface area contributed by atoms with Crippen molar-refractivity contribution in [1.82, 2.24) is 14.4 Å². The lowest BCUT2D eigenvalue weighted by Crippen LogP contribution is -2.49. The van der Waals surface area contributed by atoms with E-state index in [9.17, 15) is 4.79 Å². The predicted octanol–water partition coefficient (Wildman–Crippen LogP) is 2.97. The SMILES string of the molecule is CN(Cc1ccco1)Cc1cc2c(n(CCN3CCCCC3)c1=O)=CCC(Oc1ccccc1)C=2. The summed E-state index contributed by atoms with van der Waals surface area (Å²) in [5.41, 5.74) is 0.917. The minimum absolute atomic E-state index is 0.0494. The molecule has 2 aliphatic rings. The molecule has 5 rings (SSSR count). The average molecular weight is 474 g/mol. The zero-order valence-electron chi connectivity index (χ0n) is 20.6. The highest BCUT2D eigenvalue weighted by atomic mass is 16.5. The van der Waals surface area contributed by atoms with E-state index < -0.39 is 0 Å². The standard InChI is InChI=1S/C29H35N3O3/c1-30(22-27-11-8-18-34-27)21-24-19-23-20-26(35-25-9-4-2-5-10-25)12-13-28(23)32(29(24)33)17-16-31-14-6-3-7-15-31/h2,4-5,8-11,13,18-20,26H,3,6-7,12,14-17,21-22H2,1H3. The molecule has 1 fully saturated rings. The second-order valence-corrected chi connectivity index (χ2v) is 9.70. The van der Waals surface area contributed by atoms with Gasteiger partial charge in [-0.15, -0.1) is 0 Å². The highest BCUT2D eigenvalue weighted by molar-refractivity contribution is 5.42. The molecule has 0 radical (unpaired) electrons. The van der Waals surface area contributed by atoms with E-state index in [1.54, 1.807) is 6.26 Å². The first-order valence-electron chi connectivity index (χ1n) is 12.8. The van der Waals surface area contributed by atoms with Gasteiger partial charge in [-0.25, -0.2) is 0 Å². The van der Waals surface area contributed by atoms with Crippen molar-refractivity contribution in [1.29, 1.82) is 0 Å². The number of hydrogen-bond donors (Lipinski definition) is 0.